The number of nitrogens with zero attached hydrogens (tertiary/aromatic N) is 2. The number of pyridine rings is 1. The molecule has 0 spiro atoms. The summed E-state index contributed by atoms with van der Waals surface area (Å²) in [7, 11) is 0. The highest BCUT2D eigenvalue weighted by Gasteiger charge is 2.15. The van der Waals surface area contributed by atoms with Gasteiger partial charge in [0.2, 0.25) is 0 Å². The van der Waals surface area contributed by atoms with E-state index in [0.717, 1.165) is 36.1 Å². The second-order valence-electron chi connectivity index (χ2n) is 5.83. The lowest BCUT2D eigenvalue weighted by Gasteiger charge is -2.18. The van der Waals surface area contributed by atoms with Gasteiger partial charge in [-0.05, 0) is 51.8 Å². The SMILES string of the molecule is Cc1cc(C(C)Nc2ccc(N3CCCC3)nc2)c(C)o1. The van der Waals surface area contributed by atoms with Crippen molar-refractivity contribution in [3.05, 3.63) is 41.5 Å². The van der Waals surface area contributed by atoms with Gasteiger partial charge in [0.25, 0.3) is 0 Å². The molecular weight excluding hydrogens is 262 g/mol. The Hall–Kier alpha value is -1.97. The quantitative estimate of drug-likeness (QED) is 0.919. The molecule has 0 amide bonds. The minimum absolute atomic E-state index is 0.210. The Morgan fingerprint density at radius 2 is 2.00 bits per heavy atom. The van der Waals surface area contributed by atoms with E-state index >= 15 is 0 Å². The second-order valence-corrected chi connectivity index (χ2v) is 5.83. The van der Waals surface area contributed by atoms with Crippen molar-refractivity contribution in [2.24, 2.45) is 0 Å². The van der Waals surface area contributed by atoms with Crippen LogP contribution in [0, 0.1) is 13.8 Å². The van der Waals surface area contributed by atoms with E-state index in [0.29, 0.717) is 0 Å². The maximum absolute atomic E-state index is 5.60. The lowest BCUT2D eigenvalue weighted by molar-refractivity contribution is 0.500. The number of hydrogen-bond acceptors (Lipinski definition) is 4. The van der Waals surface area contributed by atoms with Crippen LogP contribution in [-0.4, -0.2) is 18.1 Å². The van der Waals surface area contributed by atoms with Gasteiger partial charge in [-0.25, -0.2) is 4.98 Å². The van der Waals surface area contributed by atoms with Gasteiger partial charge >= 0.3 is 0 Å². The van der Waals surface area contributed by atoms with E-state index in [1.807, 2.05) is 20.0 Å². The molecule has 0 saturated carbocycles. The van der Waals surface area contributed by atoms with Crippen molar-refractivity contribution in [3.8, 4) is 0 Å². The average Bonchev–Trinajstić information content (AvgIpc) is 3.09. The molecule has 4 nitrogen and oxygen atoms in total. The number of aryl methyl sites for hydroxylation is 2. The fourth-order valence-corrected chi connectivity index (χ4v) is 3.01. The molecule has 0 bridgehead atoms. The van der Waals surface area contributed by atoms with Crippen molar-refractivity contribution in [2.75, 3.05) is 23.3 Å². The van der Waals surface area contributed by atoms with Gasteiger partial charge in [0.15, 0.2) is 0 Å². The van der Waals surface area contributed by atoms with Crippen LogP contribution < -0.4 is 10.2 Å². The fraction of sp³-hybridized carbons (Fsp3) is 0.471. The van der Waals surface area contributed by atoms with Crippen LogP contribution in [0.4, 0.5) is 11.5 Å². The van der Waals surface area contributed by atoms with Crippen molar-refractivity contribution >= 4 is 11.5 Å². The topological polar surface area (TPSA) is 41.3 Å². The Kier molecular flexibility index (Phi) is 3.86. The van der Waals surface area contributed by atoms with Gasteiger partial charge in [-0.3, -0.25) is 0 Å². The highest BCUT2D eigenvalue weighted by Crippen LogP contribution is 2.25. The van der Waals surface area contributed by atoms with E-state index in [9.17, 15) is 0 Å². The van der Waals surface area contributed by atoms with Crippen LogP contribution in [-0.2, 0) is 0 Å². The molecule has 4 heteroatoms. The molecule has 3 heterocycles. The first kappa shape index (κ1) is 14.0. The largest absolute Gasteiger partial charge is 0.466 e. The first-order chi connectivity index (χ1) is 10.1. The zero-order chi connectivity index (χ0) is 14.8. The molecular formula is C17H23N3O. The van der Waals surface area contributed by atoms with Crippen LogP contribution in [0.5, 0.6) is 0 Å². The van der Waals surface area contributed by atoms with Gasteiger partial charge in [0.05, 0.1) is 17.9 Å². The summed E-state index contributed by atoms with van der Waals surface area (Å²) in [5.41, 5.74) is 2.25. The number of anilines is 2. The summed E-state index contributed by atoms with van der Waals surface area (Å²) >= 11 is 0. The molecule has 2 aromatic heterocycles. The fourth-order valence-electron chi connectivity index (χ4n) is 3.01. The lowest BCUT2D eigenvalue weighted by Crippen LogP contribution is -2.18. The smallest absolute Gasteiger partial charge is 0.128 e. The Balaban J connectivity index is 1.68. The van der Waals surface area contributed by atoms with Crippen LogP contribution >= 0.6 is 0 Å². The van der Waals surface area contributed by atoms with Gasteiger partial charge in [0.1, 0.15) is 17.3 Å². The summed E-state index contributed by atoms with van der Waals surface area (Å²) in [5.74, 6) is 3.02. The molecule has 0 aromatic carbocycles. The summed E-state index contributed by atoms with van der Waals surface area (Å²) in [5, 5.41) is 3.49. The first-order valence-corrected chi connectivity index (χ1v) is 7.68. The van der Waals surface area contributed by atoms with Crippen molar-refractivity contribution < 1.29 is 4.42 Å². The van der Waals surface area contributed by atoms with Crippen molar-refractivity contribution in [2.45, 2.75) is 39.7 Å². The maximum Gasteiger partial charge on any atom is 0.128 e. The van der Waals surface area contributed by atoms with E-state index < -0.39 is 0 Å². The number of furan rings is 1. The number of rotatable bonds is 4. The maximum atomic E-state index is 5.60. The van der Waals surface area contributed by atoms with Gasteiger partial charge in [-0.15, -0.1) is 0 Å². The summed E-state index contributed by atoms with van der Waals surface area (Å²) in [4.78, 5) is 6.92. The number of hydrogen-bond donors (Lipinski definition) is 1. The van der Waals surface area contributed by atoms with Crippen LogP contribution in [0.15, 0.2) is 28.8 Å². The molecule has 1 fully saturated rings. The summed E-state index contributed by atoms with van der Waals surface area (Å²) in [6, 6.07) is 6.52. The van der Waals surface area contributed by atoms with Gasteiger partial charge < -0.3 is 14.6 Å². The zero-order valence-electron chi connectivity index (χ0n) is 13.0. The highest BCUT2D eigenvalue weighted by atomic mass is 16.3. The van der Waals surface area contributed by atoms with Crippen LogP contribution in [0.2, 0.25) is 0 Å². The van der Waals surface area contributed by atoms with Crippen molar-refractivity contribution in [1.82, 2.24) is 4.98 Å². The zero-order valence-corrected chi connectivity index (χ0v) is 13.0. The van der Waals surface area contributed by atoms with E-state index in [4.69, 9.17) is 4.42 Å². The molecule has 0 aliphatic carbocycles. The van der Waals surface area contributed by atoms with E-state index in [-0.39, 0.29) is 6.04 Å². The number of aromatic nitrogens is 1. The Bertz CT molecular complexity index is 597. The third kappa shape index (κ3) is 3.04. The monoisotopic (exact) mass is 285 g/mol. The van der Waals surface area contributed by atoms with Crippen molar-refractivity contribution in [3.63, 3.8) is 0 Å². The minimum Gasteiger partial charge on any atom is -0.466 e. The summed E-state index contributed by atoms with van der Waals surface area (Å²) in [6.45, 7) is 8.39. The third-order valence-electron chi connectivity index (χ3n) is 4.11. The molecule has 1 N–H and O–H groups in total. The molecule has 2 aromatic rings. The predicted molar refractivity (Wildman–Crippen MR) is 85.9 cm³/mol. The Labute approximate surface area is 126 Å². The standard InChI is InChI=1S/C17H23N3O/c1-12-10-16(14(3)21-12)13(2)19-15-6-7-17(18-11-15)20-8-4-5-9-20/h6-7,10-11,13,19H,4-5,8-9H2,1-3H3. The van der Waals surface area contributed by atoms with E-state index in [1.54, 1.807) is 0 Å². The lowest BCUT2D eigenvalue weighted by atomic mass is 10.1. The molecule has 21 heavy (non-hydrogen) atoms. The first-order valence-electron chi connectivity index (χ1n) is 7.68. The molecule has 1 saturated heterocycles. The van der Waals surface area contributed by atoms with E-state index in [1.165, 1.54) is 18.4 Å². The molecule has 0 radical (unpaired) electrons. The number of nitrogens with one attached hydrogen (secondary N) is 1. The minimum atomic E-state index is 0.210. The van der Waals surface area contributed by atoms with Crippen LogP contribution in [0.25, 0.3) is 0 Å². The van der Waals surface area contributed by atoms with Crippen LogP contribution in [0.1, 0.15) is 42.9 Å². The van der Waals surface area contributed by atoms with Gasteiger partial charge in [0, 0.05) is 18.7 Å². The molecule has 1 aliphatic rings. The molecule has 1 aliphatic heterocycles. The third-order valence-corrected chi connectivity index (χ3v) is 4.11. The van der Waals surface area contributed by atoms with Crippen molar-refractivity contribution in [1.29, 1.82) is 0 Å². The summed E-state index contributed by atoms with van der Waals surface area (Å²) < 4.78 is 5.60. The Morgan fingerprint density at radius 3 is 2.57 bits per heavy atom. The molecule has 112 valence electrons. The predicted octanol–water partition coefficient (Wildman–Crippen LogP) is 4.06. The normalized spacial score (nSPS) is 16.2. The highest BCUT2D eigenvalue weighted by molar-refractivity contribution is 5.50. The van der Waals surface area contributed by atoms with Gasteiger partial charge in [-0.2, -0.15) is 0 Å². The van der Waals surface area contributed by atoms with E-state index in [2.05, 4.69) is 40.3 Å². The second kappa shape index (κ2) is 5.80. The van der Waals surface area contributed by atoms with Crippen LogP contribution in [0.3, 0.4) is 0 Å². The molecule has 1 atom stereocenters. The van der Waals surface area contributed by atoms with Gasteiger partial charge in [-0.1, -0.05) is 0 Å². The summed E-state index contributed by atoms with van der Waals surface area (Å²) in [6.07, 6.45) is 4.47. The molecule has 1 unspecified atom stereocenters. The molecule has 3 rings (SSSR count). The Morgan fingerprint density at radius 1 is 1.24 bits per heavy atom. The average molecular weight is 285 g/mol.